The van der Waals surface area contributed by atoms with Gasteiger partial charge in [0.05, 0.1) is 34.6 Å². The van der Waals surface area contributed by atoms with Crippen LogP contribution in [0.2, 0.25) is 0 Å². The summed E-state index contributed by atoms with van der Waals surface area (Å²) in [6.45, 7) is 0.246. The molecule has 1 amide bonds. The molecule has 0 unspecified atom stereocenters. The molecule has 0 N–H and O–H groups in total. The number of ether oxygens (including phenoxy) is 1. The Morgan fingerprint density at radius 3 is 2.28 bits per heavy atom. The molecule has 0 atom stereocenters. The molecule has 0 saturated carbocycles. The summed E-state index contributed by atoms with van der Waals surface area (Å²) in [4.78, 5) is 14.0. The van der Waals surface area contributed by atoms with E-state index < -0.39 is 19.9 Å². The van der Waals surface area contributed by atoms with E-state index in [9.17, 15) is 21.6 Å². The topological polar surface area (TPSA) is 125 Å². The molecule has 2 aromatic rings. The number of sulfone groups is 1. The minimum atomic E-state index is -3.87. The van der Waals surface area contributed by atoms with E-state index in [0.717, 1.165) is 10.6 Å². The van der Waals surface area contributed by atoms with Gasteiger partial charge in [0, 0.05) is 26.9 Å². The SMILES string of the molecule is CN(CCCOc1cccc(S(C)(=O)=O)c1)C(=O)CN(C)S(=O)(=O)c1ccc(C#N)cc1. The second-order valence-electron chi connectivity index (χ2n) is 7.16. The van der Waals surface area contributed by atoms with Gasteiger partial charge in [-0.1, -0.05) is 6.07 Å². The number of nitriles is 1. The molecule has 0 aliphatic carbocycles. The Hall–Kier alpha value is -2.94. The van der Waals surface area contributed by atoms with Crippen LogP contribution in [0.3, 0.4) is 0 Å². The highest BCUT2D eigenvalue weighted by molar-refractivity contribution is 7.90. The first kappa shape index (κ1) is 25.3. The fourth-order valence-electron chi connectivity index (χ4n) is 2.69. The number of hydrogen-bond acceptors (Lipinski definition) is 7. The number of hydrogen-bond donors (Lipinski definition) is 0. The minimum absolute atomic E-state index is 0.000762. The highest BCUT2D eigenvalue weighted by Crippen LogP contribution is 2.18. The van der Waals surface area contributed by atoms with Crippen molar-refractivity contribution in [3.63, 3.8) is 0 Å². The summed E-state index contributed by atoms with van der Waals surface area (Å²) in [5, 5.41) is 8.83. The quantitative estimate of drug-likeness (QED) is 0.473. The Labute approximate surface area is 188 Å². The lowest BCUT2D eigenvalue weighted by atomic mass is 10.2. The predicted molar refractivity (Wildman–Crippen MR) is 118 cm³/mol. The zero-order valence-corrected chi connectivity index (χ0v) is 19.7. The van der Waals surface area contributed by atoms with Crippen molar-refractivity contribution in [2.45, 2.75) is 16.2 Å². The first-order valence-corrected chi connectivity index (χ1v) is 12.9. The third kappa shape index (κ3) is 6.78. The third-order valence-corrected chi connectivity index (χ3v) is 7.54. The molecule has 0 fully saturated rings. The highest BCUT2D eigenvalue weighted by Gasteiger charge is 2.24. The van der Waals surface area contributed by atoms with E-state index >= 15 is 0 Å². The van der Waals surface area contributed by atoms with Crippen LogP contribution in [-0.2, 0) is 24.7 Å². The average Bonchev–Trinajstić information content (AvgIpc) is 2.76. The fourth-order valence-corrected chi connectivity index (χ4v) is 4.46. The van der Waals surface area contributed by atoms with Gasteiger partial charge >= 0.3 is 0 Å². The van der Waals surface area contributed by atoms with Crippen molar-refractivity contribution >= 4 is 25.8 Å². The Kier molecular flexibility index (Phi) is 8.38. The molecular weight excluding hydrogens is 454 g/mol. The molecule has 0 saturated heterocycles. The molecule has 0 bridgehead atoms. The lowest BCUT2D eigenvalue weighted by molar-refractivity contribution is -0.130. The second kappa shape index (κ2) is 10.6. The minimum Gasteiger partial charge on any atom is -0.493 e. The zero-order valence-electron chi connectivity index (χ0n) is 18.1. The van der Waals surface area contributed by atoms with Gasteiger partial charge in [-0.2, -0.15) is 9.57 Å². The lowest BCUT2D eigenvalue weighted by Crippen LogP contribution is -2.39. The van der Waals surface area contributed by atoms with Crippen molar-refractivity contribution in [2.24, 2.45) is 0 Å². The van der Waals surface area contributed by atoms with E-state index in [4.69, 9.17) is 10.00 Å². The van der Waals surface area contributed by atoms with Gasteiger partial charge in [-0.05, 0) is 48.9 Å². The Morgan fingerprint density at radius 1 is 1.03 bits per heavy atom. The maximum absolute atomic E-state index is 12.6. The standard InChI is InChI=1S/C21H25N3O6S2/c1-23(12-5-13-30-18-6-4-7-20(14-18)31(3,26)27)21(25)16-24(2)32(28,29)19-10-8-17(15-22)9-11-19/h4,6-11,14H,5,12-13,16H2,1-3H3. The molecule has 11 heteroatoms. The fraction of sp³-hybridized carbons (Fsp3) is 0.333. The summed E-state index contributed by atoms with van der Waals surface area (Å²) in [7, 11) is -4.32. The summed E-state index contributed by atoms with van der Waals surface area (Å²) in [5.41, 5.74) is 0.340. The van der Waals surface area contributed by atoms with Crippen molar-refractivity contribution in [3.05, 3.63) is 54.1 Å². The molecule has 0 heterocycles. The third-order valence-electron chi connectivity index (χ3n) is 4.62. The first-order chi connectivity index (χ1) is 14.9. The maximum atomic E-state index is 12.6. The predicted octanol–water partition coefficient (Wildman–Crippen LogP) is 1.51. The van der Waals surface area contributed by atoms with Crippen molar-refractivity contribution in [2.75, 3.05) is 40.0 Å². The summed E-state index contributed by atoms with van der Waals surface area (Å²) in [6, 6.07) is 13.5. The number of carbonyl (C=O) groups is 1. The number of sulfonamides is 1. The van der Waals surface area contributed by atoms with E-state index in [1.807, 2.05) is 6.07 Å². The smallest absolute Gasteiger partial charge is 0.243 e. The van der Waals surface area contributed by atoms with Gasteiger partial charge < -0.3 is 9.64 Å². The molecule has 2 rings (SSSR count). The molecule has 0 spiro atoms. The van der Waals surface area contributed by atoms with Gasteiger partial charge in [-0.15, -0.1) is 0 Å². The molecule has 9 nitrogen and oxygen atoms in total. The first-order valence-electron chi connectivity index (χ1n) is 9.58. The van der Waals surface area contributed by atoms with Crippen molar-refractivity contribution in [1.29, 1.82) is 5.26 Å². The number of amides is 1. The summed E-state index contributed by atoms with van der Waals surface area (Å²) < 4.78 is 54.9. The van der Waals surface area contributed by atoms with Gasteiger partial charge in [-0.25, -0.2) is 16.8 Å². The largest absolute Gasteiger partial charge is 0.493 e. The lowest BCUT2D eigenvalue weighted by Gasteiger charge is -2.22. The summed E-state index contributed by atoms with van der Waals surface area (Å²) in [6.07, 6.45) is 1.59. The molecule has 172 valence electrons. The molecular formula is C21H25N3O6S2. The summed E-state index contributed by atoms with van der Waals surface area (Å²) in [5.74, 6) is 0.0268. The van der Waals surface area contributed by atoms with Crippen molar-refractivity contribution in [1.82, 2.24) is 9.21 Å². The molecule has 2 aromatic carbocycles. The van der Waals surface area contributed by atoms with Crippen LogP contribution < -0.4 is 4.74 Å². The van der Waals surface area contributed by atoms with E-state index in [2.05, 4.69) is 0 Å². The van der Waals surface area contributed by atoms with Crippen LogP contribution in [0.25, 0.3) is 0 Å². The van der Waals surface area contributed by atoms with Crippen LogP contribution in [0.1, 0.15) is 12.0 Å². The molecule has 0 radical (unpaired) electrons. The highest BCUT2D eigenvalue weighted by atomic mass is 32.2. The number of nitrogens with zero attached hydrogens (tertiary/aromatic N) is 3. The van der Waals surface area contributed by atoms with Crippen molar-refractivity contribution in [3.8, 4) is 11.8 Å². The van der Waals surface area contributed by atoms with Gasteiger partial charge in [0.1, 0.15) is 5.75 Å². The van der Waals surface area contributed by atoms with Crippen molar-refractivity contribution < 1.29 is 26.4 Å². The Bertz CT molecular complexity index is 1200. The van der Waals surface area contributed by atoms with E-state index in [-0.39, 0.29) is 28.8 Å². The second-order valence-corrected chi connectivity index (χ2v) is 11.2. The van der Waals surface area contributed by atoms with Crippen LogP contribution in [-0.4, -0.2) is 72.0 Å². The van der Waals surface area contributed by atoms with Crippen LogP contribution >= 0.6 is 0 Å². The molecule has 0 aromatic heterocycles. The number of rotatable bonds is 10. The zero-order chi connectivity index (χ0) is 23.9. The van der Waals surface area contributed by atoms with E-state index in [1.165, 1.54) is 48.3 Å². The van der Waals surface area contributed by atoms with Crippen LogP contribution in [0.15, 0.2) is 58.3 Å². The number of likely N-dealkylation sites (N-methyl/N-ethyl adjacent to an activating group) is 2. The number of benzene rings is 2. The van der Waals surface area contributed by atoms with Crippen LogP contribution in [0, 0.1) is 11.3 Å². The van der Waals surface area contributed by atoms with Crippen LogP contribution in [0.5, 0.6) is 5.75 Å². The van der Waals surface area contributed by atoms with E-state index in [0.29, 0.717) is 24.3 Å². The maximum Gasteiger partial charge on any atom is 0.243 e. The molecule has 32 heavy (non-hydrogen) atoms. The molecule has 0 aliphatic heterocycles. The summed E-state index contributed by atoms with van der Waals surface area (Å²) >= 11 is 0. The average molecular weight is 480 g/mol. The molecule has 0 aliphatic rings. The normalized spacial score (nSPS) is 11.7. The van der Waals surface area contributed by atoms with Gasteiger partial charge in [-0.3, -0.25) is 4.79 Å². The number of carbonyl (C=O) groups excluding carboxylic acids is 1. The van der Waals surface area contributed by atoms with Gasteiger partial charge in [0.25, 0.3) is 0 Å². The van der Waals surface area contributed by atoms with Crippen LogP contribution in [0.4, 0.5) is 0 Å². The van der Waals surface area contributed by atoms with Gasteiger partial charge in [0.2, 0.25) is 15.9 Å². The Balaban J connectivity index is 1.85. The monoisotopic (exact) mass is 479 g/mol. The van der Waals surface area contributed by atoms with Gasteiger partial charge in [0.15, 0.2) is 9.84 Å². The Morgan fingerprint density at radius 2 is 1.69 bits per heavy atom. The van der Waals surface area contributed by atoms with E-state index in [1.54, 1.807) is 19.2 Å².